The Morgan fingerprint density at radius 3 is 2.92 bits per heavy atom. The zero-order valence-corrected chi connectivity index (χ0v) is 14.0. The van der Waals surface area contributed by atoms with E-state index in [1.807, 2.05) is 0 Å². The van der Waals surface area contributed by atoms with Crippen molar-refractivity contribution in [2.45, 2.75) is 32.2 Å². The molecule has 8 nitrogen and oxygen atoms in total. The molecule has 1 aliphatic heterocycles. The molecule has 2 N–H and O–H groups in total. The highest BCUT2D eigenvalue weighted by Gasteiger charge is 2.56. The third kappa shape index (κ3) is 2.63. The Hall–Kier alpha value is -2.90. The number of nitrogens with zero attached hydrogens (tertiary/aromatic N) is 2. The van der Waals surface area contributed by atoms with Crippen molar-refractivity contribution in [2.75, 3.05) is 11.9 Å². The van der Waals surface area contributed by atoms with Gasteiger partial charge in [0.2, 0.25) is 5.91 Å². The summed E-state index contributed by atoms with van der Waals surface area (Å²) in [5.41, 5.74) is 0.910. The van der Waals surface area contributed by atoms with Crippen LogP contribution < -0.4 is 10.6 Å². The first-order chi connectivity index (χ1) is 11.9. The summed E-state index contributed by atoms with van der Waals surface area (Å²) in [6.07, 6.45) is 1.83. The van der Waals surface area contributed by atoms with Crippen LogP contribution in [0.5, 0.6) is 0 Å². The Labute approximate surface area is 143 Å². The van der Waals surface area contributed by atoms with Gasteiger partial charge in [0.15, 0.2) is 11.5 Å². The van der Waals surface area contributed by atoms with E-state index in [1.165, 1.54) is 0 Å². The molecule has 0 radical (unpaired) electrons. The number of anilines is 1. The fourth-order valence-electron chi connectivity index (χ4n) is 3.26. The van der Waals surface area contributed by atoms with Gasteiger partial charge in [-0.25, -0.2) is 9.78 Å². The fraction of sp³-hybridized carbons (Fsp3) is 0.412. The summed E-state index contributed by atoms with van der Waals surface area (Å²) in [4.78, 5) is 42.1. The van der Waals surface area contributed by atoms with Crippen LogP contribution in [0.3, 0.4) is 0 Å². The summed E-state index contributed by atoms with van der Waals surface area (Å²) in [5.74, 6) is -0.0761. The molecule has 0 spiro atoms. The Morgan fingerprint density at radius 2 is 2.20 bits per heavy atom. The number of aromatic nitrogens is 1. The summed E-state index contributed by atoms with van der Waals surface area (Å²) < 4.78 is 5.39. The molecular formula is C17H18N4O4. The summed E-state index contributed by atoms with van der Waals surface area (Å²) in [7, 11) is 0. The SMILES string of the molecule is Cc1nc2cc(NC(=O)CN3C(=O)NC(C)(C4CC4)C3=O)ccc2o1. The molecule has 25 heavy (non-hydrogen) atoms. The van der Waals surface area contributed by atoms with Gasteiger partial charge < -0.3 is 15.1 Å². The maximum Gasteiger partial charge on any atom is 0.325 e. The van der Waals surface area contributed by atoms with Crippen LogP contribution in [0.15, 0.2) is 22.6 Å². The summed E-state index contributed by atoms with van der Waals surface area (Å²) in [6.45, 7) is 3.15. The summed E-state index contributed by atoms with van der Waals surface area (Å²) in [5, 5.41) is 5.41. The lowest BCUT2D eigenvalue weighted by molar-refractivity contribution is -0.134. The van der Waals surface area contributed by atoms with Crippen molar-refractivity contribution < 1.29 is 18.8 Å². The van der Waals surface area contributed by atoms with Crippen molar-refractivity contribution in [3.63, 3.8) is 0 Å². The number of rotatable bonds is 4. The number of hydrogen-bond acceptors (Lipinski definition) is 5. The van der Waals surface area contributed by atoms with Gasteiger partial charge in [-0.15, -0.1) is 0 Å². The first-order valence-corrected chi connectivity index (χ1v) is 8.18. The molecule has 4 amide bonds. The molecule has 2 fully saturated rings. The van der Waals surface area contributed by atoms with Gasteiger partial charge in [-0.3, -0.25) is 14.5 Å². The van der Waals surface area contributed by atoms with E-state index in [9.17, 15) is 14.4 Å². The topological polar surface area (TPSA) is 105 Å². The molecule has 1 aromatic heterocycles. The van der Waals surface area contributed by atoms with E-state index in [1.54, 1.807) is 32.0 Å². The van der Waals surface area contributed by atoms with Crippen LogP contribution in [0.4, 0.5) is 10.5 Å². The molecule has 2 aromatic rings. The van der Waals surface area contributed by atoms with Crippen LogP contribution in [0, 0.1) is 12.8 Å². The minimum atomic E-state index is -0.880. The average molecular weight is 342 g/mol. The van der Waals surface area contributed by atoms with E-state index >= 15 is 0 Å². The van der Waals surface area contributed by atoms with Gasteiger partial charge in [-0.2, -0.15) is 0 Å². The molecule has 4 rings (SSSR count). The standard InChI is InChI=1S/C17H18N4O4/c1-9-18-12-7-11(5-6-13(12)25-9)19-14(22)8-21-15(23)17(2,10-3-4-10)20-16(21)24/h5-7,10H,3-4,8H2,1-2H3,(H,19,22)(H,20,24). The van der Waals surface area contributed by atoms with Crippen LogP contribution in [0.25, 0.3) is 11.1 Å². The number of carbonyl (C=O) groups is 3. The third-order valence-corrected chi connectivity index (χ3v) is 4.78. The first kappa shape index (κ1) is 15.6. The number of aryl methyl sites for hydroxylation is 1. The van der Waals surface area contributed by atoms with E-state index in [0.717, 1.165) is 17.7 Å². The first-order valence-electron chi connectivity index (χ1n) is 8.18. The van der Waals surface area contributed by atoms with Crippen LogP contribution in [-0.2, 0) is 9.59 Å². The number of oxazole rings is 1. The predicted molar refractivity (Wildman–Crippen MR) is 88.7 cm³/mol. The van der Waals surface area contributed by atoms with E-state index in [0.29, 0.717) is 22.7 Å². The van der Waals surface area contributed by atoms with Gasteiger partial charge in [-0.1, -0.05) is 0 Å². The maximum atomic E-state index is 12.5. The Kier molecular flexibility index (Phi) is 3.31. The predicted octanol–water partition coefficient (Wildman–Crippen LogP) is 1.80. The second kappa shape index (κ2) is 5.30. The number of nitrogens with one attached hydrogen (secondary N) is 2. The van der Waals surface area contributed by atoms with Crippen molar-refractivity contribution >= 4 is 34.6 Å². The molecule has 1 atom stereocenters. The van der Waals surface area contributed by atoms with Crippen LogP contribution >= 0.6 is 0 Å². The highest BCUT2D eigenvalue weighted by atomic mass is 16.3. The number of fused-ring (bicyclic) bond motifs is 1. The molecule has 1 aliphatic carbocycles. The molecule has 8 heteroatoms. The number of urea groups is 1. The molecular weight excluding hydrogens is 324 g/mol. The van der Waals surface area contributed by atoms with Crippen molar-refractivity contribution in [3.05, 3.63) is 24.1 Å². The number of benzene rings is 1. The fourth-order valence-corrected chi connectivity index (χ4v) is 3.26. The Morgan fingerprint density at radius 1 is 1.44 bits per heavy atom. The van der Waals surface area contributed by atoms with Gasteiger partial charge in [0.1, 0.15) is 17.6 Å². The van der Waals surface area contributed by atoms with Gasteiger partial charge in [0, 0.05) is 12.6 Å². The highest BCUT2D eigenvalue weighted by molar-refractivity contribution is 6.10. The van der Waals surface area contributed by atoms with E-state index < -0.39 is 17.5 Å². The van der Waals surface area contributed by atoms with Crippen molar-refractivity contribution in [3.8, 4) is 0 Å². The molecule has 2 heterocycles. The lowest BCUT2D eigenvalue weighted by Gasteiger charge is -2.20. The lowest BCUT2D eigenvalue weighted by atomic mass is 9.96. The number of hydrogen-bond donors (Lipinski definition) is 2. The number of imide groups is 1. The minimum Gasteiger partial charge on any atom is -0.441 e. The molecule has 2 aliphatic rings. The van der Waals surface area contributed by atoms with Crippen molar-refractivity contribution in [1.82, 2.24) is 15.2 Å². The normalized spacial score (nSPS) is 23.2. The highest BCUT2D eigenvalue weighted by Crippen LogP contribution is 2.42. The molecule has 130 valence electrons. The zero-order chi connectivity index (χ0) is 17.8. The molecule has 0 bridgehead atoms. The van der Waals surface area contributed by atoms with Crippen LogP contribution in [-0.4, -0.2) is 39.8 Å². The summed E-state index contributed by atoms with van der Waals surface area (Å²) >= 11 is 0. The Bertz CT molecular complexity index is 901. The average Bonchev–Trinajstić information content (AvgIpc) is 3.30. The largest absolute Gasteiger partial charge is 0.441 e. The van der Waals surface area contributed by atoms with Gasteiger partial charge in [-0.05, 0) is 43.9 Å². The van der Waals surface area contributed by atoms with Crippen LogP contribution in [0.1, 0.15) is 25.7 Å². The second-order valence-electron chi connectivity index (χ2n) is 6.76. The third-order valence-electron chi connectivity index (χ3n) is 4.78. The lowest BCUT2D eigenvalue weighted by Crippen LogP contribution is -2.46. The minimum absolute atomic E-state index is 0.162. The molecule has 1 aromatic carbocycles. The van der Waals surface area contributed by atoms with Crippen molar-refractivity contribution in [2.24, 2.45) is 5.92 Å². The van der Waals surface area contributed by atoms with E-state index in [2.05, 4.69) is 15.6 Å². The second-order valence-corrected chi connectivity index (χ2v) is 6.76. The van der Waals surface area contributed by atoms with Crippen LogP contribution in [0.2, 0.25) is 0 Å². The quantitative estimate of drug-likeness (QED) is 0.824. The number of amides is 4. The Balaban J connectivity index is 1.46. The molecule has 1 unspecified atom stereocenters. The van der Waals surface area contributed by atoms with Gasteiger partial charge in [0.05, 0.1) is 0 Å². The zero-order valence-electron chi connectivity index (χ0n) is 14.0. The smallest absolute Gasteiger partial charge is 0.325 e. The molecule has 1 saturated carbocycles. The van der Waals surface area contributed by atoms with E-state index in [4.69, 9.17) is 4.42 Å². The molecule has 1 saturated heterocycles. The van der Waals surface area contributed by atoms with Gasteiger partial charge >= 0.3 is 6.03 Å². The van der Waals surface area contributed by atoms with E-state index in [-0.39, 0.29) is 18.4 Å². The monoisotopic (exact) mass is 342 g/mol. The van der Waals surface area contributed by atoms with Gasteiger partial charge in [0.25, 0.3) is 5.91 Å². The van der Waals surface area contributed by atoms with Crippen molar-refractivity contribution in [1.29, 1.82) is 0 Å². The maximum absolute atomic E-state index is 12.5. The summed E-state index contributed by atoms with van der Waals surface area (Å²) in [6, 6.07) is 4.56. The number of carbonyl (C=O) groups excluding carboxylic acids is 3.